The second kappa shape index (κ2) is 9.26. The van der Waals surface area contributed by atoms with Gasteiger partial charge in [-0.1, -0.05) is 17.7 Å². The molecule has 0 bridgehead atoms. The first-order valence-electron chi connectivity index (χ1n) is 9.60. The van der Waals surface area contributed by atoms with Gasteiger partial charge in [-0.2, -0.15) is 0 Å². The fourth-order valence-electron chi connectivity index (χ4n) is 3.34. The first kappa shape index (κ1) is 19.7. The molecule has 3 rings (SSSR count). The highest BCUT2D eigenvalue weighted by Crippen LogP contribution is 2.19. The van der Waals surface area contributed by atoms with Gasteiger partial charge in [-0.05, 0) is 62.1 Å². The zero-order chi connectivity index (χ0) is 19.9. The lowest BCUT2D eigenvalue weighted by Gasteiger charge is -2.32. The molecule has 6 nitrogen and oxygen atoms in total. The number of benzene rings is 2. The van der Waals surface area contributed by atoms with E-state index in [0.29, 0.717) is 18.7 Å². The van der Waals surface area contributed by atoms with Crippen LogP contribution in [0.4, 0.5) is 10.5 Å². The number of nitrogens with one attached hydrogen (secondary N) is 2. The van der Waals surface area contributed by atoms with Gasteiger partial charge in [0.1, 0.15) is 5.75 Å². The molecule has 0 saturated carbocycles. The molecule has 2 aromatic rings. The van der Waals surface area contributed by atoms with Crippen LogP contribution in [0.25, 0.3) is 0 Å². The Labute approximate surface area is 165 Å². The number of rotatable bonds is 5. The minimum absolute atomic E-state index is 0.0696. The summed E-state index contributed by atoms with van der Waals surface area (Å²) in [5.41, 5.74) is 2.53. The maximum absolute atomic E-state index is 12.6. The first-order chi connectivity index (χ1) is 13.5. The molecule has 1 aliphatic heterocycles. The summed E-state index contributed by atoms with van der Waals surface area (Å²) in [5.74, 6) is 0.935. The van der Waals surface area contributed by atoms with E-state index in [9.17, 15) is 9.59 Å². The summed E-state index contributed by atoms with van der Waals surface area (Å²) >= 11 is 0. The average molecular weight is 381 g/mol. The molecule has 3 amide bonds. The lowest BCUT2D eigenvalue weighted by molar-refractivity contribution is 0.0938. The highest BCUT2D eigenvalue weighted by molar-refractivity contribution is 5.94. The van der Waals surface area contributed by atoms with Crippen molar-refractivity contribution in [3.05, 3.63) is 59.7 Å². The third-order valence-electron chi connectivity index (χ3n) is 5.01. The Morgan fingerprint density at radius 2 is 1.82 bits per heavy atom. The second-order valence-corrected chi connectivity index (χ2v) is 7.19. The third-order valence-corrected chi connectivity index (χ3v) is 5.01. The smallest absolute Gasteiger partial charge is 0.321 e. The van der Waals surface area contributed by atoms with E-state index in [4.69, 9.17) is 4.74 Å². The lowest BCUT2D eigenvalue weighted by Crippen LogP contribution is -2.45. The molecular weight excluding hydrogens is 354 g/mol. The van der Waals surface area contributed by atoms with Gasteiger partial charge in [-0.15, -0.1) is 0 Å². The molecule has 2 N–H and O–H groups in total. The summed E-state index contributed by atoms with van der Waals surface area (Å²) in [6.45, 7) is 3.93. The predicted octanol–water partition coefficient (Wildman–Crippen LogP) is 3.68. The Hall–Kier alpha value is -3.02. The highest BCUT2D eigenvalue weighted by Gasteiger charge is 2.24. The zero-order valence-electron chi connectivity index (χ0n) is 16.4. The summed E-state index contributed by atoms with van der Waals surface area (Å²) in [6, 6.07) is 14.7. The van der Waals surface area contributed by atoms with Crippen LogP contribution < -0.4 is 15.4 Å². The van der Waals surface area contributed by atoms with E-state index in [1.54, 1.807) is 7.11 Å². The van der Waals surface area contributed by atoms with Gasteiger partial charge in [0.2, 0.25) is 0 Å². The number of urea groups is 1. The molecule has 0 aromatic heterocycles. The summed E-state index contributed by atoms with van der Waals surface area (Å²) in [7, 11) is 1.61. The van der Waals surface area contributed by atoms with Crippen molar-refractivity contribution in [2.24, 2.45) is 5.92 Å². The van der Waals surface area contributed by atoms with E-state index in [1.165, 1.54) is 0 Å². The van der Waals surface area contributed by atoms with Crippen molar-refractivity contribution in [2.75, 3.05) is 32.1 Å². The van der Waals surface area contributed by atoms with E-state index < -0.39 is 0 Å². The minimum Gasteiger partial charge on any atom is -0.497 e. The SMILES string of the molecule is COc1ccc(NC(=O)N2CCCC(CNC(=O)c3ccc(C)cc3)C2)cc1. The van der Waals surface area contributed by atoms with Crippen LogP contribution in [0.3, 0.4) is 0 Å². The number of anilines is 1. The maximum Gasteiger partial charge on any atom is 0.321 e. The molecular formula is C22H27N3O3. The number of nitrogens with zero attached hydrogens (tertiary/aromatic N) is 1. The maximum atomic E-state index is 12.6. The van der Waals surface area contributed by atoms with E-state index in [1.807, 2.05) is 60.4 Å². The number of ether oxygens (including phenoxy) is 1. The average Bonchev–Trinajstić information content (AvgIpc) is 2.73. The van der Waals surface area contributed by atoms with Crippen LogP contribution in [0.1, 0.15) is 28.8 Å². The van der Waals surface area contributed by atoms with E-state index in [2.05, 4.69) is 10.6 Å². The summed E-state index contributed by atoms with van der Waals surface area (Å²) in [6.07, 6.45) is 1.93. The molecule has 0 spiro atoms. The fourth-order valence-corrected chi connectivity index (χ4v) is 3.34. The molecule has 1 fully saturated rings. The Morgan fingerprint density at radius 3 is 2.50 bits per heavy atom. The summed E-state index contributed by atoms with van der Waals surface area (Å²) in [5, 5.41) is 5.92. The van der Waals surface area contributed by atoms with E-state index >= 15 is 0 Å². The van der Waals surface area contributed by atoms with Gasteiger partial charge in [0, 0.05) is 30.9 Å². The van der Waals surface area contributed by atoms with Gasteiger partial charge < -0.3 is 20.3 Å². The second-order valence-electron chi connectivity index (χ2n) is 7.19. The molecule has 1 atom stereocenters. The third kappa shape index (κ3) is 5.25. The molecule has 1 saturated heterocycles. The molecule has 1 aliphatic rings. The molecule has 0 aliphatic carbocycles. The molecule has 2 aromatic carbocycles. The normalized spacial score (nSPS) is 16.4. The van der Waals surface area contributed by atoms with Crippen LogP contribution in [0.15, 0.2) is 48.5 Å². The molecule has 28 heavy (non-hydrogen) atoms. The molecule has 6 heteroatoms. The number of aryl methyl sites for hydroxylation is 1. The lowest BCUT2D eigenvalue weighted by atomic mass is 9.98. The van der Waals surface area contributed by atoms with Crippen LogP contribution >= 0.6 is 0 Å². The van der Waals surface area contributed by atoms with E-state index in [-0.39, 0.29) is 17.9 Å². The first-order valence-corrected chi connectivity index (χ1v) is 9.60. The minimum atomic E-state index is -0.111. The number of piperidine rings is 1. The highest BCUT2D eigenvalue weighted by atomic mass is 16.5. The Kier molecular flexibility index (Phi) is 6.53. The van der Waals surface area contributed by atoms with Crippen molar-refractivity contribution in [1.82, 2.24) is 10.2 Å². The number of carbonyl (C=O) groups is 2. The van der Waals surface area contributed by atoms with Crippen LogP contribution in [-0.4, -0.2) is 43.6 Å². The topological polar surface area (TPSA) is 70.7 Å². The fraction of sp³-hybridized carbons (Fsp3) is 0.364. The molecule has 0 radical (unpaired) electrons. The van der Waals surface area contributed by atoms with Crippen molar-refractivity contribution in [1.29, 1.82) is 0 Å². The van der Waals surface area contributed by atoms with Crippen molar-refractivity contribution in [2.45, 2.75) is 19.8 Å². The van der Waals surface area contributed by atoms with Crippen LogP contribution in [0, 0.1) is 12.8 Å². The van der Waals surface area contributed by atoms with E-state index in [0.717, 1.165) is 36.4 Å². The Balaban J connectivity index is 1.49. The Bertz CT molecular complexity index is 803. The van der Waals surface area contributed by atoms with Crippen molar-refractivity contribution in [3.63, 3.8) is 0 Å². The van der Waals surface area contributed by atoms with Gasteiger partial charge in [-0.3, -0.25) is 4.79 Å². The van der Waals surface area contributed by atoms with Gasteiger partial charge in [0.15, 0.2) is 0 Å². The monoisotopic (exact) mass is 381 g/mol. The van der Waals surface area contributed by atoms with Gasteiger partial charge in [0.25, 0.3) is 5.91 Å². The number of hydrogen-bond donors (Lipinski definition) is 2. The number of amides is 3. The predicted molar refractivity (Wildman–Crippen MR) is 110 cm³/mol. The molecule has 1 heterocycles. The van der Waals surface area contributed by atoms with Crippen LogP contribution in [-0.2, 0) is 0 Å². The van der Waals surface area contributed by atoms with Crippen molar-refractivity contribution >= 4 is 17.6 Å². The summed E-state index contributed by atoms with van der Waals surface area (Å²) in [4.78, 5) is 26.7. The number of likely N-dealkylation sites (tertiary alicyclic amines) is 1. The largest absolute Gasteiger partial charge is 0.497 e. The molecule has 148 valence electrons. The number of hydrogen-bond acceptors (Lipinski definition) is 3. The Morgan fingerprint density at radius 1 is 1.11 bits per heavy atom. The van der Waals surface area contributed by atoms with Crippen LogP contribution in [0.2, 0.25) is 0 Å². The number of carbonyl (C=O) groups excluding carboxylic acids is 2. The van der Waals surface area contributed by atoms with Gasteiger partial charge in [-0.25, -0.2) is 4.79 Å². The van der Waals surface area contributed by atoms with Crippen molar-refractivity contribution < 1.29 is 14.3 Å². The van der Waals surface area contributed by atoms with Gasteiger partial charge in [0.05, 0.1) is 7.11 Å². The van der Waals surface area contributed by atoms with Gasteiger partial charge >= 0.3 is 6.03 Å². The number of methoxy groups -OCH3 is 1. The standard InChI is InChI=1S/C22H27N3O3/c1-16-5-7-18(8-6-16)21(26)23-14-17-4-3-13-25(15-17)22(27)24-19-9-11-20(28-2)12-10-19/h5-12,17H,3-4,13-15H2,1-2H3,(H,23,26)(H,24,27). The zero-order valence-corrected chi connectivity index (χ0v) is 16.4. The molecule has 1 unspecified atom stereocenters. The quantitative estimate of drug-likeness (QED) is 0.830. The van der Waals surface area contributed by atoms with Crippen LogP contribution in [0.5, 0.6) is 5.75 Å². The van der Waals surface area contributed by atoms with Crippen molar-refractivity contribution in [3.8, 4) is 5.75 Å². The summed E-state index contributed by atoms with van der Waals surface area (Å²) < 4.78 is 5.13.